The van der Waals surface area contributed by atoms with Crippen LogP contribution in [0.25, 0.3) is 0 Å². The van der Waals surface area contributed by atoms with E-state index in [9.17, 15) is 9.59 Å². The van der Waals surface area contributed by atoms with E-state index in [0.29, 0.717) is 6.54 Å². The van der Waals surface area contributed by atoms with Gasteiger partial charge in [-0.3, -0.25) is 9.59 Å². The number of pyridine rings is 1. The van der Waals surface area contributed by atoms with Gasteiger partial charge in [0.05, 0.1) is 13.2 Å². The third-order valence-electron chi connectivity index (χ3n) is 3.42. The Balaban J connectivity index is 1.83. The van der Waals surface area contributed by atoms with Gasteiger partial charge in [-0.05, 0) is 18.6 Å². The Kier molecular flexibility index (Phi) is 5.71. The largest absolute Gasteiger partial charge is 0.378 e. The molecule has 1 atom stereocenters. The normalized spacial score (nSPS) is 16.0. The van der Waals surface area contributed by atoms with Crippen molar-refractivity contribution in [2.75, 3.05) is 31.2 Å². The highest BCUT2D eigenvalue weighted by molar-refractivity contribution is 5.86. The fraction of sp³-hybridized carbons (Fsp3) is 0.533. The number of ether oxygens (including phenoxy) is 1. The van der Waals surface area contributed by atoms with Crippen LogP contribution in [0.1, 0.15) is 19.4 Å². The molecule has 1 aliphatic rings. The monoisotopic (exact) mass is 306 g/mol. The molecule has 0 aliphatic carbocycles. The van der Waals surface area contributed by atoms with Gasteiger partial charge in [-0.25, -0.2) is 4.98 Å². The quantitative estimate of drug-likeness (QED) is 0.804. The van der Waals surface area contributed by atoms with Gasteiger partial charge in [-0.2, -0.15) is 0 Å². The molecule has 1 saturated heterocycles. The molecule has 2 amide bonds. The number of morpholine rings is 1. The fourth-order valence-corrected chi connectivity index (χ4v) is 2.21. The summed E-state index contributed by atoms with van der Waals surface area (Å²) in [7, 11) is 0. The average Bonchev–Trinajstić information content (AvgIpc) is 2.53. The molecule has 7 heteroatoms. The first-order valence-corrected chi connectivity index (χ1v) is 7.38. The molecule has 22 heavy (non-hydrogen) atoms. The number of carbonyl (C=O) groups excluding carboxylic acids is 2. The van der Waals surface area contributed by atoms with Gasteiger partial charge in [-0.1, -0.05) is 6.07 Å². The minimum atomic E-state index is -0.543. The lowest BCUT2D eigenvalue weighted by Crippen LogP contribution is -2.43. The summed E-state index contributed by atoms with van der Waals surface area (Å²) >= 11 is 0. The van der Waals surface area contributed by atoms with E-state index in [1.54, 1.807) is 13.1 Å². The number of hydrogen-bond donors (Lipinski definition) is 2. The standard InChI is InChI=1S/C15H22N4O3/c1-11(18-12(2)20)15(21)17-10-13-3-4-14(16-9-13)19-5-7-22-8-6-19/h3-4,9,11H,5-8,10H2,1-2H3,(H,17,21)(H,18,20). The van der Waals surface area contributed by atoms with Crippen molar-refractivity contribution in [3.8, 4) is 0 Å². The summed E-state index contributed by atoms with van der Waals surface area (Å²) in [4.78, 5) is 29.3. The van der Waals surface area contributed by atoms with E-state index < -0.39 is 6.04 Å². The highest BCUT2D eigenvalue weighted by Crippen LogP contribution is 2.12. The second-order valence-electron chi connectivity index (χ2n) is 5.26. The zero-order valence-corrected chi connectivity index (χ0v) is 13.0. The molecule has 2 rings (SSSR count). The van der Waals surface area contributed by atoms with Crippen LogP contribution in [0.2, 0.25) is 0 Å². The van der Waals surface area contributed by atoms with Crippen LogP contribution in [0.3, 0.4) is 0 Å². The molecule has 0 spiro atoms. The minimum absolute atomic E-state index is 0.215. The number of hydrogen-bond acceptors (Lipinski definition) is 5. The zero-order valence-electron chi connectivity index (χ0n) is 13.0. The van der Waals surface area contributed by atoms with Crippen LogP contribution in [-0.4, -0.2) is 49.1 Å². The lowest BCUT2D eigenvalue weighted by molar-refractivity contribution is -0.127. The number of amides is 2. The van der Waals surface area contributed by atoms with Crippen molar-refractivity contribution >= 4 is 17.6 Å². The van der Waals surface area contributed by atoms with Gasteiger partial charge in [0, 0.05) is 32.8 Å². The Morgan fingerprint density at radius 2 is 2.09 bits per heavy atom. The molecule has 0 bridgehead atoms. The van der Waals surface area contributed by atoms with Crippen molar-refractivity contribution in [2.24, 2.45) is 0 Å². The molecule has 1 unspecified atom stereocenters. The van der Waals surface area contributed by atoms with Crippen molar-refractivity contribution in [3.63, 3.8) is 0 Å². The number of aromatic nitrogens is 1. The molecule has 0 aromatic carbocycles. The van der Waals surface area contributed by atoms with Crippen molar-refractivity contribution < 1.29 is 14.3 Å². The maximum Gasteiger partial charge on any atom is 0.242 e. The van der Waals surface area contributed by atoms with Crippen LogP contribution in [0.15, 0.2) is 18.3 Å². The first-order valence-electron chi connectivity index (χ1n) is 7.38. The van der Waals surface area contributed by atoms with Gasteiger partial charge >= 0.3 is 0 Å². The molecule has 0 radical (unpaired) electrons. The summed E-state index contributed by atoms with van der Waals surface area (Å²) in [5, 5.41) is 5.32. The van der Waals surface area contributed by atoms with Crippen LogP contribution in [0, 0.1) is 0 Å². The van der Waals surface area contributed by atoms with E-state index in [0.717, 1.165) is 37.7 Å². The third kappa shape index (κ3) is 4.70. The Hall–Kier alpha value is -2.15. The van der Waals surface area contributed by atoms with E-state index in [2.05, 4.69) is 20.5 Å². The Labute approximate surface area is 130 Å². The van der Waals surface area contributed by atoms with Crippen molar-refractivity contribution in [1.82, 2.24) is 15.6 Å². The number of carbonyl (C=O) groups is 2. The Bertz CT molecular complexity index is 512. The highest BCUT2D eigenvalue weighted by Gasteiger charge is 2.14. The summed E-state index contributed by atoms with van der Waals surface area (Å²) in [5.74, 6) is 0.483. The molecule has 2 N–H and O–H groups in total. The van der Waals surface area contributed by atoms with Crippen molar-refractivity contribution in [3.05, 3.63) is 23.9 Å². The number of rotatable bonds is 5. The maximum atomic E-state index is 11.8. The average molecular weight is 306 g/mol. The van der Waals surface area contributed by atoms with E-state index in [1.165, 1.54) is 6.92 Å². The topological polar surface area (TPSA) is 83.6 Å². The number of nitrogens with one attached hydrogen (secondary N) is 2. The lowest BCUT2D eigenvalue weighted by atomic mass is 10.2. The predicted octanol–water partition coefficient (Wildman–Crippen LogP) is 0.0590. The second kappa shape index (κ2) is 7.74. The van der Waals surface area contributed by atoms with Crippen LogP contribution in [0.5, 0.6) is 0 Å². The summed E-state index contributed by atoms with van der Waals surface area (Å²) < 4.78 is 5.31. The van der Waals surface area contributed by atoms with E-state index in [-0.39, 0.29) is 11.8 Å². The SMILES string of the molecule is CC(=O)NC(C)C(=O)NCc1ccc(N2CCOCC2)nc1. The summed E-state index contributed by atoms with van der Waals surface area (Å²) in [6.45, 7) is 6.56. The maximum absolute atomic E-state index is 11.8. The van der Waals surface area contributed by atoms with Crippen LogP contribution in [-0.2, 0) is 20.9 Å². The third-order valence-corrected chi connectivity index (χ3v) is 3.42. The van der Waals surface area contributed by atoms with E-state index in [4.69, 9.17) is 4.74 Å². The molecule has 1 aliphatic heterocycles. The van der Waals surface area contributed by atoms with Gasteiger partial charge in [0.2, 0.25) is 11.8 Å². The molecular weight excluding hydrogens is 284 g/mol. The molecular formula is C15H22N4O3. The molecule has 0 saturated carbocycles. The van der Waals surface area contributed by atoms with Gasteiger partial charge < -0.3 is 20.3 Å². The molecule has 1 fully saturated rings. The van der Waals surface area contributed by atoms with Crippen molar-refractivity contribution in [2.45, 2.75) is 26.4 Å². The van der Waals surface area contributed by atoms with E-state index in [1.807, 2.05) is 12.1 Å². The molecule has 7 nitrogen and oxygen atoms in total. The summed E-state index contributed by atoms with van der Waals surface area (Å²) in [5.41, 5.74) is 0.917. The van der Waals surface area contributed by atoms with Crippen LogP contribution >= 0.6 is 0 Å². The minimum Gasteiger partial charge on any atom is -0.378 e. The van der Waals surface area contributed by atoms with Crippen LogP contribution < -0.4 is 15.5 Å². The van der Waals surface area contributed by atoms with Gasteiger partial charge in [0.1, 0.15) is 11.9 Å². The molecule has 120 valence electrons. The summed E-state index contributed by atoms with van der Waals surface area (Å²) in [6, 6.07) is 3.35. The van der Waals surface area contributed by atoms with Gasteiger partial charge in [-0.15, -0.1) is 0 Å². The molecule has 1 aromatic heterocycles. The highest BCUT2D eigenvalue weighted by atomic mass is 16.5. The second-order valence-corrected chi connectivity index (χ2v) is 5.26. The van der Waals surface area contributed by atoms with Crippen LogP contribution in [0.4, 0.5) is 5.82 Å². The molecule has 1 aromatic rings. The number of anilines is 1. The first-order chi connectivity index (χ1) is 10.6. The summed E-state index contributed by atoms with van der Waals surface area (Å²) in [6.07, 6.45) is 1.76. The smallest absolute Gasteiger partial charge is 0.242 e. The molecule has 2 heterocycles. The van der Waals surface area contributed by atoms with Gasteiger partial charge in [0.25, 0.3) is 0 Å². The Morgan fingerprint density at radius 3 is 2.68 bits per heavy atom. The predicted molar refractivity (Wildman–Crippen MR) is 82.4 cm³/mol. The lowest BCUT2D eigenvalue weighted by Gasteiger charge is -2.27. The zero-order chi connectivity index (χ0) is 15.9. The number of nitrogens with zero attached hydrogens (tertiary/aromatic N) is 2. The Morgan fingerprint density at radius 1 is 1.36 bits per heavy atom. The fourth-order valence-electron chi connectivity index (χ4n) is 2.21. The first kappa shape index (κ1) is 16.2. The van der Waals surface area contributed by atoms with Gasteiger partial charge in [0.15, 0.2) is 0 Å². The van der Waals surface area contributed by atoms with E-state index >= 15 is 0 Å². The van der Waals surface area contributed by atoms with Crippen molar-refractivity contribution in [1.29, 1.82) is 0 Å².